The number of hydrogen-bond acceptors (Lipinski definition) is 5. The Morgan fingerprint density at radius 1 is 1.26 bits per heavy atom. The van der Waals surface area contributed by atoms with Gasteiger partial charge in [-0.05, 0) is 5.56 Å². The highest BCUT2D eigenvalue weighted by Gasteiger charge is 2.38. The number of nitrogens with zero attached hydrogens (tertiary/aromatic N) is 1. The average Bonchev–Trinajstić information content (AvgIpc) is 2.61. The number of amides is 1. The van der Waals surface area contributed by atoms with Crippen molar-refractivity contribution >= 4 is 34.4 Å². The van der Waals surface area contributed by atoms with Gasteiger partial charge in [-0.15, -0.1) is 11.3 Å². The number of nitrogens with two attached hydrogens (primary N) is 1. The molecule has 1 aliphatic heterocycles. The van der Waals surface area contributed by atoms with Gasteiger partial charge < -0.3 is 21.1 Å². The zero-order chi connectivity index (χ0) is 14.3. The minimum Gasteiger partial charge on any atom is -0.480 e. The first kappa shape index (κ1) is 13.1. The van der Waals surface area contributed by atoms with E-state index in [1.54, 1.807) is 0 Å². The molecule has 1 aromatic rings. The Kier molecular flexibility index (Phi) is 3.06. The van der Waals surface area contributed by atoms with Crippen LogP contribution in [0.15, 0.2) is 0 Å². The second-order valence-corrected chi connectivity index (χ2v) is 5.15. The molecular weight excluding hydrogens is 276 g/mol. The molecule has 0 fully saturated rings. The molecule has 1 atom stereocenters. The molecule has 0 spiro atoms. The Hall–Kier alpha value is -2.29. The molecule has 102 valence electrons. The summed E-state index contributed by atoms with van der Waals surface area (Å²) in [7, 11) is 0. The normalized spacial score (nSPS) is 17.9. The van der Waals surface area contributed by atoms with Crippen molar-refractivity contribution < 1.29 is 29.7 Å². The van der Waals surface area contributed by atoms with Crippen LogP contribution in [0.1, 0.15) is 20.8 Å². The molecule has 8 nitrogen and oxygen atoms in total. The van der Waals surface area contributed by atoms with Crippen molar-refractivity contribution in [2.45, 2.75) is 19.0 Å². The van der Waals surface area contributed by atoms with E-state index in [2.05, 4.69) is 0 Å². The third kappa shape index (κ3) is 2.08. The largest absolute Gasteiger partial charge is 0.480 e. The maximum Gasteiger partial charge on any atom is 0.408 e. The Morgan fingerprint density at radius 3 is 2.37 bits per heavy atom. The summed E-state index contributed by atoms with van der Waals surface area (Å²) in [5, 5.41) is 27.2. The number of carboxylic acids is 2. The lowest BCUT2D eigenvalue weighted by atomic mass is 9.96. The fraction of sp³-hybridized carbons (Fsp3) is 0.300. The summed E-state index contributed by atoms with van der Waals surface area (Å²) >= 11 is 0.979. The van der Waals surface area contributed by atoms with Crippen LogP contribution >= 0.6 is 11.3 Å². The van der Waals surface area contributed by atoms with Crippen LogP contribution in [0.2, 0.25) is 0 Å². The molecule has 0 saturated carbocycles. The molecule has 1 amide bonds. The molecule has 0 saturated heterocycles. The van der Waals surface area contributed by atoms with Crippen LogP contribution in [0.5, 0.6) is 0 Å². The topological polar surface area (TPSA) is 141 Å². The number of anilines is 1. The molecular formula is C10H10N2O6S. The van der Waals surface area contributed by atoms with Crippen molar-refractivity contribution in [1.82, 2.24) is 4.90 Å². The second kappa shape index (κ2) is 4.43. The standard InChI is InChI=1S/C10H10N2O6S/c11-7-6(9(15)16)3-1-4(8(13)14)12(10(17)18)2-5(3)19-7/h4H,1-2,11H2,(H,13,14)(H,15,16)(H,17,18). The number of fused-ring (bicyclic) bond motifs is 1. The van der Waals surface area contributed by atoms with E-state index in [-0.39, 0.29) is 23.5 Å². The van der Waals surface area contributed by atoms with Gasteiger partial charge in [0.2, 0.25) is 0 Å². The van der Waals surface area contributed by atoms with Crippen LogP contribution in [-0.4, -0.2) is 44.3 Å². The maximum absolute atomic E-state index is 11.1. The summed E-state index contributed by atoms with van der Waals surface area (Å²) in [6.07, 6.45) is -1.55. The Labute approximate surface area is 110 Å². The number of carbonyl (C=O) groups is 3. The van der Waals surface area contributed by atoms with E-state index in [4.69, 9.17) is 21.1 Å². The lowest BCUT2D eigenvalue weighted by Crippen LogP contribution is -2.47. The monoisotopic (exact) mass is 286 g/mol. The molecule has 5 N–H and O–H groups in total. The highest BCUT2D eigenvalue weighted by atomic mass is 32.1. The maximum atomic E-state index is 11.1. The van der Waals surface area contributed by atoms with Crippen LogP contribution in [0.25, 0.3) is 0 Å². The van der Waals surface area contributed by atoms with Crippen LogP contribution in [-0.2, 0) is 17.8 Å². The molecule has 0 radical (unpaired) electrons. The molecule has 2 rings (SSSR count). The summed E-state index contributed by atoms with van der Waals surface area (Å²) in [6.45, 7) is -0.163. The van der Waals surface area contributed by atoms with Crippen molar-refractivity contribution in [3.63, 3.8) is 0 Å². The first-order chi connectivity index (χ1) is 8.82. The Bertz CT molecular complexity index is 581. The van der Waals surface area contributed by atoms with Gasteiger partial charge in [0.15, 0.2) is 0 Å². The van der Waals surface area contributed by atoms with Crippen LogP contribution < -0.4 is 5.73 Å². The summed E-state index contributed by atoms with van der Waals surface area (Å²) in [5.74, 6) is -2.54. The molecule has 19 heavy (non-hydrogen) atoms. The predicted molar refractivity (Wildman–Crippen MR) is 64.4 cm³/mol. The molecule has 9 heteroatoms. The molecule has 1 unspecified atom stereocenters. The van der Waals surface area contributed by atoms with E-state index >= 15 is 0 Å². The van der Waals surface area contributed by atoms with Crippen LogP contribution in [0.4, 0.5) is 9.80 Å². The zero-order valence-electron chi connectivity index (χ0n) is 9.49. The number of carboxylic acid groups (broad SMARTS) is 3. The van der Waals surface area contributed by atoms with Gasteiger partial charge in [0.1, 0.15) is 11.0 Å². The van der Waals surface area contributed by atoms with Gasteiger partial charge in [-0.1, -0.05) is 0 Å². The molecule has 0 aromatic carbocycles. The number of aliphatic carboxylic acids is 1. The van der Waals surface area contributed by atoms with Crippen molar-refractivity contribution in [3.8, 4) is 0 Å². The SMILES string of the molecule is Nc1sc2c(c1C(=O)O)CC(C(=O)O)N(C(=O)O)C2. The quantitative estimate of drug-likeness (QED) is 0.620. The van der Waals surface area contributed by atoms with Gasteiger partial charge in [-0.2, -0.15) is 0 Å². The van der Waals surface area contributed by atoms with Gasteiger partial charge in [0.25, 0.3) is 0 Å². The first-order valence-corrected chi connectivity index (χ1v) is 6.00. The molecule has 1 aromatic heterocycles. The fourth-order valence-electron chi connectivity index (χ4n) is 2.10. The van der Waals surface area contributed by atoms with Crippen molar-refractivity contribution in [3.05, 3.63) is 16.0 Å². The Balaban J connectivity index is 2.50. The van der Waals surface area contributed by atoms with E-state index in [1.807, 2.05) is 0 Å². The molecule has 0 aliphatic carbocycles. The lowest BCUT2D eigenvalue weighted by Gasteiger charge is -2.30. The highest BCUT2D eigenvalue weighted by molar-refractivity contribution is 7.16. The van der Waals surface area contributed by atoms with Crippen molar-refractivity contribution in [1.29, 1.82) is 0 Å². The third-order valence-corrected chi connectivity index (χ3v) is 4.00. The first-order valence-electron chi connectivity index (χ1n) is 5.18. The van der Waals surface area contributed by atoms with Gasteiger partial charge >= 0.3 is 18.0 Å². The second-order valence-electron chi connectivity index (χ2n) is 4.02. The summed E-state index contributed by atoms with van der Waals surface area (Å²) in [6, 6.07) is -1.29. The summed E-state index contributed by atoms with van der Waals surface area (Å²) in [4.78, 5) is 34.5. The third-order valence-electron chi connectivity index (χ3n) is 2.95. The number of aromatic carboxylic acids is 1. The molecule has 0 bridgehead atoms. The van der Waals surface area contributed by atoms with E-state index < -0.39 is 24.1 Å². The summed E-state index contributed by atoms with van der Waals surface area (Å²) < 4.78 is 0. The van der Waals surface area contributed by atoms with E-state index in [0.717, 1.165) is 16.2 Å². The minimum absolute atomic E-state index is 0.0638. The lowest BCUT2D eigenvalue weighted by molar-refractivity contribution is -0.143. The van der Waals surface area contributed by atoms with Crippen LogP contribution in [0, 0.1) is 0 Å². The highest BCUT2D eigenvalue weighted by Crippen LogP contribution is 2.37. The Morgan fingerprint density at radius 2 is 1.89 bits per heavy atom. The van der Waals surface area contributed by atoms with Crippen molar-refractivity contribution in [2.75, 3.05) is 5.73 Å². The van der Waals surface area contributed by atoms with E-state index in [1.165, 1.54) is 0 Å². The number of thiophene rings is 1. The number of hydrogen-bond donors (Lipinski definition) is 4. The van der Waals surface area contributed by atoms with Crippen molar-refractivity contribution in [2.24, 2.45) is 0 Å². The van der Waals surface area contributed by atoms with E-state index in [0.29, 0.717) is 10.4 Å². The zero-order valence-corrected chi connectivity index (χ0v) is 10.3. The van der Waals surface area contributed by atoms with Gasteiger partial charge in [-0.25, -0.2) is 14.4 Å². The summed E-state index contributed by atoms with van der Waals surface area (Å²) in [5.41, 5.74) is 5.79. The molecule has 1 aliphatic rings. The fourth-order valence-corrected chi connectivity index (χ4v) is 3.19. The van der Waals surface area contributed by atoms with Gasteiger partial charge in [-0.3, -0.25) is 4.90 Å². The van der Waals surface area contributed by atoms with Crippen LogP contribution in [0.3, 0.4) is 0 Å². The predicted octanol–water partition coefficient (Wildman–Crippen LogP) is 0.518. The molecule has 2 heterocycles. The number of rotatable bonds is 2. The minimum atomic E-state index is -1.36. The van der Waals surface area contributed by atoms with Gasteiger partial charge in [0.05, 0.1) is 12.1 Å². The smallest absolute Gasteiger partial charge is 0.408 e. The number of nitrogen functional groups attached to an aromatic ring is 1. The average molecular weight is 286 g/mol. The van der Waals surface area contributed by atoms with Gasteiger partial charge in [0, 0.05) is 11.3 Å². The van der Waals surface area contributed by atoms with E-state index in [9.17, 15) is 14.4 Å².